The first-order chi connectivity index (χ1) is 9.79. The van der Waals surface area contributed by atoms with Crippen molar-refractivity contribution >= 4 is 27.4 Å². The van der Waals surface area contributed by atoms with Gasteiger partial charge in [-0.25, -0.2) is 4.98 Å². The molecule has 4 saturated carbocycles. The number of nitrogens with one attached hydrogen (secondary N) is 1. The molecule has 1 aromatic rings. The minimum absolute atomic E-state index is 0.206. The van der Waals surface area contributed by atoms with Crippen LogP contribution in [-0.2, 0) is 0 Å². The van der Waals surface area contributed by atoms with Crippen LogP contribution in [-0.4, -0.2) is 10.5 Å². The predicted octanol–water partition coefficient (Wildman–Crippen LogP) is 4.59. The SMILES string of the molecule is CC12CC3CC(C)(C1)CC(Nc1ncc(Br)cc1N)(C3)C2. The van der Waals surface area contributed by atoms with Gasteiger partial charge in [-0.15, -0.1) is 0 Å². The molecular weight excluding hydrogens is 326 g/mol. The second kappa shape index (κ2) is 4.15. The molecule has 2 atom stereocenters. The average molecular weight is 350 g/mol. The van der Waals surface area contributed by atoms with Crippen molar-refractivity contribution in [3.63, 3.8) is 0 Å². The smallest absolute Gasteiger partial charge is 0.149 e. The van der Waals surface area contributed by atoms with Gasteiger partial charge < -0.3 is 11.1 Å². The van der Waals surface area contributed by atoms with Crippen molar-refractivity contribution in [2.75, 3.05) is 11.1 Å². The van der Waals surface area contributed by atoms with E-state index in [2.05, 4.69) is 40.1 Å². The Bertz CT molecular complexity index is 582. The molecule has 3 nitrogen and oxygen atoms in total. The first-order valence-electron chi connectivity index (χ1n) is 7.98. The minimum atomic E-state index is 0.206. The standard InChI is InChI=1S/C17H24BrN3/c1-15-4-11-5-16(2,8-15)10-17(6-11,9-15)21-14-13(19)3-12(18)7-20-14/h3,7,11H,4-6,8-10,19H2,1-2H3,(H,20,21). The molecule has 0 saturated heterocycles. The highest BCUT2D eigenvalue weighted by Gasteiger charge is 2.60. The van der Waals surface area contributed by atoms with Crippen LogP contribution >= 0.6 is 15.9 Å². The van der Waals surface area contributed by atoms with E-state index < -0.39 is 0 Å². The first-order valence-corrected chi connectivity index (χ1v) is 8.78. The van der Waals surface area contributed by atoms with Crippen LogP contribution in [0.2, 0.25) is 0 Å². The highest BCUT2D eigenvalue weighted by molar-refractivity contribution is 9.10. The summed E-state index contributed by atoms with van der Waals surface area (Å²) in [7, 11) is 0. The maximum Gasteiger partial charge on any atom is 0.149 e. The second-order valence-electron chi connectivity index (χ2n) is 8.63. The molecule has 4 aliphatic rings. The summed E-state index contributed by atoms with van der Waals surface area (Å²) in [5, 5.41) is 3.78. The van der Waals surface area contributed by atoms with E-state index in [4.69, 9.17) is 5.73 Å². The third-order valence-corrected chi connectivity index (χ3v) is 6.33. The number of nitrogen functional groups attached to an aromatic ring is 1. The van der Waals surface area contributed by atoms with Gasteiger partial charge in [0.1, 0.15) is 5.82 Å². The molecule has 4 bridgehead atoms. The van der Waals surface area contributed by atoms with Crippen LogP contribution in [0.1, 0.15) is 52.4 Å². The highest BCUT2D eigenvalue weighted by Crippen LogP contribution is 2.66. The number of hydrogen-bond donors (Lipinski definition) is 2. The Morgan fingerprint density at radius 1 is 1.19 bits per heavy atom. The van der Waals surface area contributed by atoms with Gasteiger partial charge in [0, 0.05) is 16.2 Å². The van der Waals surface area contributed by atoms with Crippen molar-refractivity contribution in [3.8, 4) is 0 Å². The van der Waals surface area contributed by atoms with Gasteiger partial charge >= 0.3 is 0 Å². The van der Waals surface area contributed by atoms with Crippen LogP contribution in [0.25, 0.3) is 0 Å². The van der Waals surface area contributed by atoms with E-state index in [1.165, 1.54) is 38.5 Å². The fourth-order valence-corrected chi connectivity index (χ4v) is 6.75. The lowest BCUT2D eigenvalue weighted by atomic mass is 9.43. The summed E-state index contributed by atoms with van der Waals surface area (Å²) in [5.74, 6) is 1.74. The summed E-state index contributed by atoms with van der Waals surface area (Å²) >= 11 is 3.44. The average Bonchev–Trinajstić information content (AvgIpc) is 2.28. The molecule has 21 heavy (non-hydrogen) atoms. The highest BCUT2D eigenvalue weighted by atomic mass is 79.9. The summed E-state index contributed by atoms with van der Waals surface area (Å²) in [6.45, 7) is 4.98. The fourth-order valence-electron chi connectivity index (χ4n) is 6.40. The molecule has 114 valence electrons. The van der Waals surface area contributed by atoms with E-state index in [-0.39, 0.29) is 5.54 Å². The zero-order valence-corrected chi connectivity index (χ0v) is 14.5. The lowest BCUT2D eigenvalue weighted by Crippen LogP contribution is -2.61. The third kappa shape index (κ3) is 2.26. The molecule has 5 rings (SSSR count). The Balaban J connectivity index is 1.68. The topological polar surface area (TPSA) is 50.9 Å². The molecule has 0 amide bonds. The van der Waals surface area contributed by atoms with E-state index in [9.17, 15) is 0 Å². The van der Waals surface area contributed by atoms with E-state index in [0.29, 0.717) is 10.8 Å². The molecule has 4 fully saturated rings. The summed E-state index contributed by atoms with van der Waals surface area (Å²) in [6.07, 6.45) is 9.87. The molecule has 0 aliphatic heterocycles. The number of halogens is 1. The van der Waals surface area contributed by atoms with Crippen LogP contribution in [0.4, 0.5) is 11.5 Å². The number of nitrogens with two attached hydrogens (primary N) is 1. The van der Waals surface area contributed by atoms with Crippen molar-refractivity contribution < 1.29 is 0 Å². The first kappa shape index (κ1) is 13.9. The third-order valence-electron chi connectivity index (χ3n) is 5.89. The Morgan fingerprint density at radius 2 is 1.86 bits per heavy atom. The molecule has 0 aromatic carbocycles. The van der Waals surface area contributed by atoms with Crippen LogP contribution in [0.5, 0.6) is 0 Å². The number of aromatic nitrogens is 1. The lowest BCUT2D eigenvalue weighted by molar-refractivity contribution is -0.0973. The zero-order valence-electron chi connectivity index (χ0n) is 12.9. The van der Waals surface area contributed by atoms with Crippen molar-refractivity contribution in [3.05, 3.63) is 16.7 Å². The van der Waals surface area contributed by atoms with Crippen LogP contribution in [0.3, 0.4) is 0 Å². The van der Waals surface area contributed by atoms with Crippen molar-refractivity contribution in [2.24, 2.45) is 16.7 Å². The van der Waals surface area contributed by atoms with Crippen LogP contribution < -0.4 is 11.1 Å². The quantitative estimate of drug-likeness (QED) is 0.820. The van der Waals surface area contributed by atoms with Crippen molar-refractivity contribution in [1.29, 1.82) is 0 Å². The maximum atomic E-state index is 6.16. The monoisotopic (exact) mass is 349 g/mol. The summed E-state index contributed by atoms with van der Waals surface area (Å²) in [6, 6.07) is 1.94. The molecule has 0 spiro atoms. The van der Waals surface area contributed by atoms with Gasteiger partial charge in [0.05, 0.1) is 5.69 Å². The van der Waals surface area contributed by atoms with Crippen molar-refractivity contribution in [1.82, 2.24) is 4.98 Å². The maximum absolute atomic E-state index is 6.16. The van der Waals surface area contributed by atoms with E-state index in [0.717, 1.165) is 21.9 Å². The Kier molecular flexibility index (Phi) is 2.74. The van der Waals surface area contributed by atoms with Crippen molar-refractivity contribution in [2.45, 2.75) is 57.9 Å². The van der Waals surface area contributed by atoms with Gasteiger partial charge in [0.2, 0.25) is 0 Å². The van der Waals surface area contributed by atoms with Crippen LogP contribution in [0, 0.1) is 16.7 Å². The summed E-state index contributed by atoms with van der Waals surface area (Å²) in [5.41, 5.74) is 8.12. The van der Waals surface area contributed by atoms with Gasteiger partial charge in [-0.3, -0.25) is 0 Å². The molecule has 1 heterocycles. The lowest BCUT2D eigenvalue weighted by Gasteiger charge is -2.65. The Morgan fingerprint density at radius 3 is 2.43 bits per heavy atom. The molecular formula is C17H24BrN3. The van der Waals surface area contributed by atoms with Gasteiger partial charge in [-0.2, -0.15) is 0 Å². The fraction of sp³-hybridized carbons (Fsp3) is 0.706. The van der Waals surface area contributed by atoms with Gasteiger partial charge in [0.25, 0.3) is 0 Å². The largest absolute Gasteiger partial charge is 0.396 e. The second-order valence-corrected chi connectivity index (χ2v) is 9.54. The van der Waals surface area contributed by atoms with Gasteiger partial charge in [-0.1, -0.05) is 13.8 Å². The number of rotatable bonds is 2. The molecule has 2 unspecified atom stereocenters. The predicted molar refractivity (Wildman–Crippen MR) is 90.1 cm³/mol. The molecule has 0 radical (unpaired) electrons. The van der Waals surface area contributed by atoms with E-state index in [1.807, 2.05) is 12.3 Å². The summed E-state index contributed by atoms with van der Waals surface area (Å²) in [4.78, 5) is 4.52. The summed E-state index contributed by atoms with van der Waals surface area (Å²) < 4.78 is 0.940. The number of anilines is 2. The molecule has 4 aliphatic carbocycles. The minimum Gasteiger partial charge on any atom is -0.396 e. The number of nitrogens with zero attached hydrogens (tertiary/aromatic N) is 1. The van der Waals surface area contributed by atoms with Gasteiger partial charge in [-0.05, 0) is 77.3 Å². The van der Waals surface area contributed by atoms with E-state index in [1.54, 1.807) is 0 Å². The zero-order chi connectivity index (χ0) is 14.9. The normalized spacial score (nSPS) is 44.0. The van der Waals surface area contributed by atoms with Crippen LogP contribution in [0.15, 0.2) is 16.7 Å². The molecule has 3 N–H and O–H groups in total. The molecule has 1 aromatic heterocycles. The number of pyridine rings is 1. The molecule has 4 heteroatoms. The van der Waals surface area contributed by atoms with E-state index >= 15 is 0 Å². The number of hydrogen-bond acceptors (Lipinski definition) is 3. The Labute approximate surface area is 135 Å². The Hall–Kier alpha value is -0.770. The van der Waals surface area contributed by atoms with Gasteiger partial charge in [0.15, 0.2) is 0 Å².